The molecule has 3 rings (SSSR count). The summed E-state index contributed by atoms with van der Waals surface area (Å²) in [5.74, 6) is 0.775. The van der Waals surface area contributed by atoms with Gasteiger partial charge in [-0.15, -0.1) is 0 Å². The number of nitro groups is 1. The Bertz CT molecular complexity index is 691. The number of hydrogen-bond donors (Lipinski definition) is 1. The minimum absolute atomic E-state index is 0.0744. The Labute approximate surface area is 146 Å². The molecule has 0 saturated carbocycles. The summed E-state index contributed by atoms with van der Waals surface area (Å²) in [6.07, 6.45) is 0.929. The van der Waals surface area contributed by atoms with Crippen molar-refractivity contribution in [3.63, 3.8) is 0 Å². The number of benzene rings is 1. The van der Waals surface area contributed by atoms with Crippen molar-refractivity contribution < 1.29 is 14.4 Å². The van der Waals surface area contributed by atoms with E-state index in [9.17, 15) is 10.1 Å². The number of hydrazone groups is 1. The topological polar surface area (TPSA) is 89.2 Å². The molecule has 136 valence electrons. The van der Waals surface area contributed by atoms with E-state index in [1.807, 2.05) is 6.07 Å². The molecule has 1 fully saturated rings. The standard InChI is InChI=1S/C17H24N4O4/c1-4-20-7-6-13-12(10-20)16(19-18-13)11-8-14(21(22)23)17(25-5-2)15(9-11)24-3/h8-9,12,16,19H,4-7,10H2,1-3H3. The number of likely N-dealkylation sites (tertiary alicyclic amines) is 1. The Morgan fingerprint density at radius 1 is 1.44 bits per heavy atom. The Hall–Kier alpha value is -2.35. The van der Waals surface area contributed by atoms with Crippen LogP contribution in [0.2, 0.25) is 0 Å². The van der Waals surface area contributed by atoms with E-state index in [1.165, 1.54) is 7.11 Å². The van der Waals surface area contributed by atoms with E-state index in [4.69, 9.17) is 9.47 Å². The van der Waals surface area contributed by atoms with Crippen LogP contribution in [-0.4, -0.2) is 48.9 Å². The lowest BCUT2D eigenvalue weighted by molar-refractivity contribution is -0.386. The van der Waals surface area contributed by atoms with Gasteiger partial charge in [-0.2, -0.15) is 5.10 Å². The highest BCUT2D eigenvalue weighted by molar-refractivity contribution is 5.90. The van der Waals surface area contributed by atoms with Gasteiger partial charge in [0.1, 0.15) is 0 Å². The third kappa shape index (κ3) is 3.26. The van der Waals surface area contributed by atoms with Crippen LogP contribution in [0.3, 0.4) is 0 Å². The quantitative estimate of drug-likeness (QED) is 0.627. The lowest BCUT2D eigenvalue weighted by Gasteiger charge is -2.32. The first-order valence-electron chi connectivity index (χ1n) is 8.62. The fraction of sp³-hybridized carbons (Fsp3) is 0.588. The fourth-order valence-corrected chi connectivity index (χ4v) is 3.57. The maximum absolute atomic E-state index is 11.5. The predicted molar refractivity (Wildman–Crippen MR) is 94.4 cm³/mol. The molecular formula is C17H24N4O4. The highest BCUT2D eigenvalue weighted by Gasteiger charge is 2.38. The maximum atomic E-state index is 11.5. The van der Waals surface area contributed by atoms with Crippen LogP contribution < -0.4 is 14.9 Å². The molecule has 0 amide bonds. The second-order valence-corrected chi connectivity index (χ2v) is 6.22. The van der Waals surface area contributed by atoms with E-state index in [1.54, 1.807) is 13.0 Å². The van der Waals surface area contributed by atoms with Crippen LogP contribution in [0.15, 0.2) is 17.2 Å². The SMILES string of the molecule is CCOc1c(OC)cc(C2NN=C3CCN(CC)CC32)cc1[N+](=O)[O-]. The number of nitrogens with one attached hydrogen (secondary N) is 1. The summed E-state index contributed by atoms with van der Waals surface area (Å²) >= 11 is 0. The molecule has 0 spiro atoms. The van der Waals surface area contributed by atoms with Crippen LogP contribution in [-0.2, 0) is 0 Å². The van der Waals surface area contributed by atoms with Crippen LogP contribution in [0.25, 0.3) is 0 Å². The van der Waals surface area contributed by atoms with Crippen molar-refractivity contribution in [3.05, 3.63) is 27.8 Å². The van der Waals surface area contributed by atoms with Gasteiger partial charge in [0.25, 0.3) is 0 Å². The van der Waals surface area contributed by atoms with Crippen molar-refractivity contribution >= 4 is 11.4 Å². The second kappa shape index (κ2) is 7.26. The van der Waals surface area contributed by atoms with E-state index in [2.05, 4.69) is 22.4 Å². The van der Waals surface area contributed by atoms with Crippen molar-refractivity contribution in [3.8, 4) is 11.5 Å². The summed E-state index contributed by atoms with van der Waals surface area (Å²) in [5.41, 5.74) is 5.04. The van der Waals surface area contributed by atoms with Crippen molar-refractivity contribution in [2.45, 2.75) is 26.3 Å². The first-order chi connectivity index (χ1) is 12.1. The molecule has 1 saturated heterocycles. The van der Waals surface area contributed by atoms with E-state index < -0.39 is 4.92 Å². The molecular weight excluding hydrogens is 324 g/mol. The molecule has 25 heavy (non-hydrogen) atoms. The number of methoxy groups -OCH3 is 1. The van der Waals surface area contributed by atoms with Crippen LogP contribution in [0.4, 0.5) is 5.69 Å². The van der Waals surface area contributed by atoms with Crippen molar-refractivity contribution in [1.82, 2.24) is 10.3 Å². The lowest BCUT2D eigenvalue weighted by Crippen LogP contribution is -2.41. The Morgan fingerprint density at radius 2 is 2.24 bits per heavy atom. The van der Waals surface area contributed by atoms with Crippen LogP contribution in [0.5, 0.6) is 11.5 Å². The third-order valence-corrected chi connectivity index (χ3v) is 4.89. The minimum Gasteiger partial charge on any atom is -0.493 e. The molecule has 2 aliphatic rings. The fourth-order valence-electron chi connectivity index (χ4n) is 3.57. The van der Waals surface area contributed by atoms with Gasteiger partial charge in [-0.05, 0) is 25.1 Å². The molecule has 1 N–H and O–H groups in total. The first-order valence-corrected chi connectivity index (χ1v) is 8.62. The van der Waals surface area contributed by atoms with Crippen molar-refractivity contribution in [2.24, 2.45) is 11.0 Å². The van der Waals surface area contributed by atoms with Gasteiger partial charge in [0.15, 0.2) is 5.75 Å². The van der Waals surface area contributed by atoms with Gasteiger partial charge in [0, 0.05) is 37.2 Å². The first kappa shape index (κ1) is 17.5. The van der Waals surface area contributed by atoms with Gasteiger partial charge < -0.3 is 19.8 Å². The van der Waals surface area contributed by atoms with Gasteiger partial charge in [-0.25, -0.2) is 0 Å². The highest BCUT2D eigenvalue weighted by Crippen LogP contribution is 2.42. The molecule has 8 nitrogen and oxygen atoms in total. The van der Waals surface area contributed by atoms with Gasteiger partial charge in [0.05, 0.1) is 24.7 Å². The molecule has 2 aliphatic heterocycles. The summed E-state index contributed by atoms with van der Waals surface area (Å²) < 4.78 is 10.8. The molecule has 1 aromatic rings. The number of piperidine rings is 1. The van der Waals surface area contributed by atoms with E-state index in [0.717, 1.165) is 37.3 Å². The summed E-state index contributed by atoms with van der Waals surface area (Å²) in [4.78, 5) is 13.5. The normalized spacial score (nSPS) is 22.8. The number of nitrogens with zero attached hydrogens (tertiary/aromatic N) is 3. The molecule has 0 aromatic heterocycles. The minimum atomic E-state index is -0.424. The second-order valence-electron chi connectivity index (χ2n) is 6.22. The molecule has 0 radical (unpaired) electrons. The average Bonchev–Trinajstić information content (AvgIpc) is 3.04. The van der Waals surface area contributed by atoms with E-state index in [0.29, 0.717) is 12.4 Å². The number of hydrogen-bond acceptors (Lipinski definition) is 7. The number of rotatable bonds is 6. The molecule has 0 bridgehead atoms. The molecule has 1 aromatic carbocycles. The average molecular weight is 348 g/mol. The highest BCUT2D eigenvalue weighted by atomic mass is 16.6. The van der Waals surface area contributed by atoms with Gasteiger partial charge >= 0.3 is 5.69 Å². The lowest BCUT2D eigenvalue weighted by atomic mass is 9.86. The smallest absolute Gasteiger partial charge is 0.315 e. The van der Waals surface area contributed by atoms with Gasteiger partial charge in [-0.1, -0.05) is 6.92 Å². The number of ether oxygens (including phenoxy) is 2. The maximum Gasteiger partial charge on any atom is 0.315 e. The zero-order valence-electron chi connectivity index (χ0n) is 14.8. The Balaban J connectivity index is 1.97. The molecule has 2 heterocycles. The zero-order chi connectivity index (χ0) is 18.0. The summed E-state index contributed by atoms with van der Waals surface area (Å²) in [5, 5.41) is 16.0. The number of nitro benzene ring substituents is 1. The largest absolute Gasteiger partial charge is 0.493 e. The summed E-state index contributed by atoms with van der Waals surface area (Å²) in [6.45, 7) is 7.16. The van der Waals surface area contributed by atoms with Crippen molar-refractivity contribution in [1.29, 1.82) is 0 Å². The Morgan fingerprint density at radius 3 is 2.88 bits per heavy atom. The molecule has 8 heteroatoms. The van der Waals surface area contributed by atoms with Crippen LogP contribution in [0, 0.1) is 16.0 Å². The zero-order valence-corrected chi connectivity index (χ0v) is 14.8. The van der Waals surface area contributed by atoms with Crippen LogP contribution >= 0.6 is 0 Å². The van der Waals surface area contributed by atoms with Gasteiger partial charge in [0.2, 0.25) is 5.75 Å². The van der Waals surface area contributed by atoms with E-state index >= 15 is 0 Å². The van der Waals surface area contributed by atoms with Gasteiger partial charge in [-0.3, -0.25) is 10.1 Å². The number of fused-ring (bicyclic) bond motifs is 1. The molecule has 2 unspecified atom stereocenters. The molecule has 2 atom stereocenters. The third-order valence-electron chi connectivity index (χ3n) is 4.89. The Kier molecular flexibility index (Phi) is 5.08. The van der Waals surface area contributed by atoms with Crippen LogP contribution in [0.1, 0.15) is 31.9 Å². The monoisotopic (exact) mass is 348 g/mol. The summed E-state index contributed by atoms with van der Waals surface area (Å²) in [6, 6.07) is 3.31. The molecule has 0 aliphatic carbocycles. The summed E-state index contributed by atoms with van der Waals surface area (Å²) in [7, 11) is 1.49. The van der Waals surface area contributed by atoms with E-state index in [-0.39, 0.29) is 23.4 Å². The predicted octanol–water partition coefficient (Wildman–Crippen LogP) is 2.34. The van der Waals surface area contributed by atoms with Crippen molar-refractivity contribution in [2.75, 3.05) is 33.4 Å².